The molecule has 0 amide bonds. The van der Waals surface area contributed by atoms with Crippen LogP contribution in [0.4, 0.5) is 0 Å². The first-order valence-corrected chi connectivity index (χ1v) is 12.3. The molecule has 0 N–H and O–H groups in total. The van der Waals surface area contributed by atoms with E-state index in [0.29, 0.717) is 5.56 Å². The van der Waals surface area contributed by atoms with E-state index in [0.717, 1.165) is 47.8 Å². The molecule has 0 spiro atoms. The molecule has 0 saturated carbocycles. The van der Waals surface area contributed by atoms with Gasteiger partial charge in [0, 0.05) is 29.7 Å². The first-order valence-electron chi connectivity index (χ1n) is 12.3. The van der Waals surface area contributed by atoms with Crippen molar-refractivity contribution >= 4 is 16.7 Å². The van der Waals surface area contributed by atoms with Crippen LogP contribution in [0.5, 0.6) is 0 Å². The third kappa shape index (κ3) is 4.22. The number of hydrogen-bond acceptors (Lipinski definition) is 4. The number of Topliss-reactive ketones (excluding diaryl/α,β-unsaturated/α-hetero) is 1. The minimum atomic E-state index is -0.946. The number of ketones is 1. The van der Waals surface area contributed by atoms with Crippen molar-refractivity contribution in [3.05, 3.63) is 78.0 Å². The lowest BCUT2D eigenvalue weighted by molar-refractivity contribution is -0.122. The molecule has 3 saturated heterocycles. The lowest BCUT2D eigenvalue weighted by Crippen LogP contribution is -2.56. The number of benzene rings is 2. The van der Waals surface area contributed by atoms with Gasteiger partial charge in [-0.2, -0.15) is 0 Å². The zero-order valence-electron chi connectivity index (χ0n) is 19.9. The molecule has 4 nitrogen and oxygen atoms in total. The van der Waals surface area contributed by atoms with Gasteiger partial charge in [0.25, 0.3) is 0 Å². The van der Waals surface area contributed by atoms with E-state index in [1.54, 1.807) is 0 Å². The molecule has 0 aliphatic carbocycles. The number of pyridine rings is 1. The molecular weight excluding hydrogens is 408 g/mol. The summed E-state index contributed by atoms with van der Waals surface area (Å²) >= 11 is 0. The molecule has 2 bridgehead atoms. The van der Waals surface area contributed by atoms with Gasteiger partial charge in [-0.15, -0.1) is 0 Å². The van der Waals surface area contributed by atoms with Gasteiger partial charge in [-0.3, -0.25) is 14.7 Å². The Hall–Kier alpha value is -2.56. The minimum Gasteiger partial charge on any atom is -0.358 e. The van der Waals surface area contributed by atoms with Crippen LogP contribution in [0.15, 0.2) is 66.9 Å². The standard InChI is InChI=1S/C29H34N2O2/c1-4-20-19-31-17-15-22(20)18-26(31)27(24-14-16-30-25-13-9-8-12-23(24)25)33-29(2,3)28(32)21-10-6-5-7-11-21/h5-14,16,20,22,26-27H,4,15,17-19H2,1-3H3/t20-,22-,26+,27-/m0/s1. The first-order chi connectivity index (χ1) is 16.0. The molecule has 3 aliphatic rings. The number of para-hydroxylation sites is 1. The van der Waals surface area contributed by atoms with Gasteiger partial charge < -0.3 is 4.74 Å². The maximum Gasteiger partial charge on any atom is 0.194 e. The topological polar surface area (TPSA) is 42.4 Å². The Bertz CT molecular complexity index is 1120. The zero-order chi connectivity index (χ0) is 23.0. The van der Waals surface area contributed by atoms with Crippen LogP contribution in [0.25, 0.3) is 10.9 Å². The Balaban J connectivity index is 1.54. The molecule has 4 heterocycles. The molecule has 6 rings (SSSR count). The number of rotatable bonds is 7. The Morgan fingerprint density at radius 1 is 1.12 bits per heavy atom. The van der Waals surface area contributed by atoms with Crippen LogP contribution in [0.1, 0.15) is 62.1 Å². The monoisotopic (exact) mass is 442 g/mol. The third-order valence-corrected chi connectivity index (χ3v) is 7.80. The zero-order valence-corrected chi connectivity index (χ0v) is 19.9. The number of fused-ring (bicyclic) bond motifs is 4. The van der Waals surface area contributed by atoms with Crippen LogP contribution in [-0.4, -0.2) is 40.4 Å². The lowest BCUT2D eigenvalue weighted by atomic mass is 9.72. The first kappa shape index (κ1) is 22.2. The average Bonchev–Trinajstić information content (AvgIpc) is 2.87. The van der Waals surface area contributed by atoms with Crippen LogP contribution in [0.2, 0.25) is 0 Å². The third-order valence-electron chi connectivity index (χ3n) is 7.80. The number of carbonyl (C=O) groups excluding carboxylic acids is 1. The van der Waals surface area contributed by atoms with Crippen molar-refractivity contribution in [1.29, 1.82) is 0 Å². The van der Waals surface area contributed by atoms with E-state index in [2.05, 4.69) is 41.1 Å². The van der Waals surface area contributed by atoms with E-state index in [1.165, 1.54) is 12.8 Å². The van der Waals surface area contributed by atoms with E-state index in [4.69, 9.17) is 4.74 Å². The predicted octanol–water partition coefficient (Wildman–Crippen LogP) is 6.07. The van der Waals surface area contributed by atoms with Crippen molar-refractivity contribution in [3.8, 4) is 0 Å². The van der Waals surface area contributed by atoms with Gasteiger partial charge >= 0.3 is 0 Å². The second-order valence-corrected chi connectivity index (χ2v) is 10.2. The normalized spacial score (nSPS) is 25.8. The van der Waals surface area contributed by atoms with Crippen LogP contribution in [0.3, 0.4) is 0 Å². The Morgan fingerprint density at radius 2 is 1.88 bits per heavy atom. The van der Waals surface area contributed by atoms with Crippen molar-refractivity contribution in [3.63, 3.8) is 0 Å². The number of nitrogens with zero attached hydrogens (tertiary/aromatic N) is 2. The number of carbonyl (C=O) groups is 1. The molecule has 0 radical (unpaired) electrons. The highest BCUT2D eigenvalue weighted by Gasteiger charge is 2.46. The minimum absolute atomic E-state index is 0.0221. The van der Waals surface area contributed by atoms with Crippen LogP contribution in [-0.2, 0) is 4.74 Å². The summed E-state index contributed by atoms with van der Waals surface area (Å²) in [6, 6.07) is 20.1. The molecular formula is C29H34N2O2. The van der Waals surface area contributed by atoms with Gasteiger partial charge in [-0.1, -0.05) is 61.9 Å². The maximum atomic E-state index is 13.5. The molecule has 33 heavy (non-hydrogen) atoms. The summed E-state index contributed by atoms with van der Waals surface area (Å²) in [6.45, 7) is 8.39. The summed E-state index contributed by atoms with van der Waals surface area (Å²) in [5.41, 5.74) is 1.86. The summed E-state index contributed by atoms with van der Waals surface area (Å²) < 4.78 is 6.89. The van der Waals surface area contributed by atoms with Crippen LogP contribution < -0.4 is 0 Å². The Kier molecular flexibility index (Phi) is 6.07. The number of hydrogen-bond donors (Lipinski definition) is 0. The fraction of sp³-hybridized carbons (Fsp3) is 0.448. The van der Waals surface area contributed by atoms with Gasteiger partial charge in [0.05, 0.1) is 5.52 Å². The molecule has 3 fully saturated rings. The van der Waals surface area contributed by atoms with Crippen molar-refractivity contribution in [2.45, 2.75) is 57.8 Å². The van der Waals surface area contributed by atoms with E-state index < -0.39 is 5.60 Å². The van der Waals surface area contributed by atoms with Gasteiger partial charge in [-0.25, -0.2) is 0 Å². The number of aromatic nitrogens is 1. The molecule has 3 aliphatic heterocycles. The number of ether oxygens (including phenoxy) is 1. The SMILES string of the molecule is CC[C@H]1CN2CC[C@H]1C[C@@H]2[C@@H](OC(C)(C)C(=O)c1ccccc1)c1ccnc2ccccc12. The molecule has 3 aromatic rings. The van der Waals surface area contributed by atoms with Crippen molar-refractivity contribution in [1.82, 2.24) is 9.88 Å². The van der Waals surface area contributed by atoms with E-state index in [-0.39, 0.29) is 17.9 Å². The van der Waals surface area contributed by atoms with Gasteiger partial charge in [-0.05, 0) is 62.8 Å². The Morgan fingerprint density at radius 3 is 2.61 bits per heavy atom. The lowest BCUT2D eigenvalue weighted by Gasteiger charge is -2.52. The molecule has 2 aromatic carbocycles. The largest absolute Gasteiger partial charge is 0.358 e. The van der Waals surface area contributed by atoms with Crippen LogP contribution in [0, 0.1) is 11.8 Å². The van der Waals surface area contributed by atoms with Gasteiger partial charge in [0.2, 0.25) is 0 Å². The average molecular weight is 443 g/mol. The summed E-state index contributed by atoms with van der Waals surface area (Å²) in [6.07, 6.45) is 5.31. The van der Waals surface area contributed by atoms with Gasteiger partial charge in [0.1, 0.15) is 11.7 Å². The van der Waals surface area contributed by atoms with E-state index in [9.17, 15) is 4.79 Å². The fourth-order valence-electron chi connectivity index (χ4n) is 5.98. The fourth-order valence-corrected chi connectivity index (χ4v) is 5.98. The smallest absolute Gasteiger partial charge is 0.194 e. The van der Waals surface area contributed by atoms with Crippen molar-refractivity contribution in [2.24, 2.45) is 11.8 Å². The highest BCUT2D eigenvalue weighted by molar-refractivity contribution is 6.02. The summed E-state index contributed by atoms with van der Waals surface area (Å²) in [7, 11) is 0. The summed E-state index contributed by atoms with van der Waals surface area (Å²) in [5, 5.41) is 1.11. The Labute approximate surface area is 197 Å². The highest BCUT2D eigenvalue weighted by Crippen LogP contribution is 2.45. The molecule has 1 unspecified atom stereocenters. The number of piperidine rings is 3. The van der Waals surface area contributed by atoms with Crippen LogP contribution >= 0.6 is 0 Å². The van der Waals surface area contributed by atoms with Gasteiger partial charge in [0.15, 0.2) is 5.78 Å². The van der Waals surface area contributed by atoms with Crippen molar-refractivity contribution < 1.29 is 9.53 Å². The van der Waals surface area contributed by atoms with E-state index >= 15 is 0 Å². The second kappa shape index (κ2) is 9.00. The molecule has 5 atom stereocenters. The van der Waals surface area contributed by atoms with Crippen molar-refractivity contribution in [2.75, 3.05) is 13.1 Å². The predicted molar refractivity (Wildman–Crippen MR) is 132 cm³/mol. The quantitative estimate of drug-likeness (QED) is 0.416. The van der Waals surface area contributed by atoms with E-state index in [1.807, 2.05) is 56.4 Å². The molecule has 172 valence electrons. The summed E-state index contributed by atoms with van der Waals surface area (Å²) in [5.74, 6) is 1.52. The second-order valence-electron chi connectivity index (χ2n) is 10.2. The maximum absolute atomic E-state index is 13.5. The highest BCUT2D eigenvalue weighted by atomic mass is 16.5. The molecule has 1 aromatic heterocycles. The summed E-state index contributed by atoms with van der Waals surface area (Å²) in [4.78, 5) is 20.7. The molecule has 4 heteroatoms.